The molecule has 2 heterocycles. The molecule has 146 valence electrons. The predicted molar refractivity (Wildman–Crippen MR) is 108 cm³/mol. The standard InChI is InChI=1S/C19H22N6O2S/c1-11-6-2-4-8-13(11)21-18(27)22-15(26)10-28-19-23-17-16(24-25-19)12-7-3-5-9-14(12)20-17/h3,5,7,9,11,13H,2,4,6,8,10H2,1H3,(H,20,23,25)(H2,21,22,26,27)/t11-,13-/m0/s1. The number of urea groups is 1. The highest BCUT2D eigenvalue weighted by Gasteiger charge is 2.23. The molecule has 4 rings (SSSR count). The minimum absolute atomic E-state index is 0.0427. The van der Waals surface area contributed by atoms with Crippen LogP contribution in [0.2, 0.25) is 0 Å². The molecule has 8 nitrogen and oxygen atoms in total. The summed E-state index contributed by atoms with van der Waals surface area (Å²) in [4.78, 5) is 31.7. The van der Waals surface area contributed by atoms with Crippen LogP contribution in [0, 0.1) is 5.92 Å². The Bertz CT molecular complexity index is 1020. The maximum atomic E-state index is 12.1. The van der Waals surface area contributed by atoms with Crippen LogP contribution in [0.4, 0.5) is 4.79 Å². The molecule has 1 aliphatic rings. The topological polar surface area (TPSA) is 113 Å². The molecule has 2 aromatic heterocycles. The number of rotatable bonds is 4. The third kappa shape index (κ3) is 4.09. The molecule has 0 unspecified atom stereocenters. The van der Waals surface area contributed by atoms with Crippen LogP contribution in [0.25, 0.3) is 22.1 Å². The summed E-state index contributed by atoms with van der Waals surface area (Å²) in [5.74, 6) is 0.0962. The number of thioether (sulfide) groups is 1. The summed E-state index contributed by atoms with van der Waals surface area (Å²) >= 11 is 1.15. The summed E-state index contributed by atoms with van der Waals surface area (Å²) in [6, 6.07) is 7.47. The lowest BCUT2D eigenvalue weighted by Gasteiger charge is -2.29. The van der Waals surface area contributed by atoms with Crippen molar-refractivity contribution >= 4 is 45.8 Å². The van der Waals surface area contributed by atoms with Gasteiger partial charge < -0.3 is 10.3 Å². The van der Waals surface area contributed by atoms with Crippen molar-refractivity contribution in [3.05, 3.63) is 24.3 Å². The van der Waals surface area contributed by atoms with E-state index in [0.29, 0.717) is 22.2 Å². The Morgan fingerprint density at radius 3 is 2.89 bits per heavy atom. The number of H-pyrrole nitrogens is 1. The average Bonchev–Trinajstić information content (AvgIpc) is 3.06. The van der Waals surface area contributed by atoms with Gasteiger partial charge in [0, 0.05) is 16.9 Å². The summed E-state index contributed by atoms with van der Waals surface area (Å²) in [7, 11) is 0. The monoisotopic (exact) mass is 398 g/mol. The quantitative estimate of drug-likeness (QED) is 0.582. The highest BCUT2D eigenvalue weighted by atomic mass is 32.2. The van der Waals surface area contributed by atoms with Gasteiger partial charge >= 0.3 is 6.03 Å². The lowest BCUT2D eigenvalue weighted by molar-refractivity contribution is -0.117. The molecule has 3 N–H and O–H groups in total. The first kappa shape index (κ1) is 18.7. The van der Waals surface area contributed by atoms with Crippen molar-refractivity contribution < 1.29 is 9.59 Å². The van der Waals surface area contributed by atoms with E-state index in [1.165, 1.54) is 6.42 Å². The van der Waals surface area contributed by atoms with Crippen molar-refractivity contribution in [1.29, 1.82) is 0 Å². The predicted octanol–water partition coefficient (Wildman–Crippen LogP) is 3.00. The zero-order valence-corrected chi connectivity index (χ0v) is 16.4. The first-order valence-electron chi connectivity index (χ1n) is 9.44. The highest BCUT2D eigenvalue weighted by molar-refractivity contribution is 7.99. The second-order valence-electron chi connectivity index (χ2n) is 7.14. The van der Waals surface area contributed by atoms with E-state index in [4.69, 9.17) is 0 Å². The van der Waals surface area contributed by atoms with Crippen LogP contribution in [0.3, 0.4) is 0 Å². The van der Waals surface area contributed by atoms with Crippen molar-refractivity contribution in [2.45, 2.75) is 43.8 Å². The van der Waals surface area contributed by atoms with Gasteiger partial charge in [0.25, 0.3) is 0 Å². The van der Waals surface area contributed by atoms with Crippen LogP contribution in [0.1, 0.15) is 32.6 Å². The molecule has 0 radical (unpaired) electrons. The lowest BCUT2D eigenvalue weighted by atomic mass is 9.86. The number of aromatic amines is 1. The van der Waals surface area contributed by atoms with Gasteiger partial charge in [0.15, 0.2) is 5.65 Å². The minimum Gasteiger partial charge on any atom is -0.338 e. The third-order valence-electron chi connectivity index (χ3n) is 5.12. The van der Waals surface area contributed by atoms with Crippen LogP contribution < -0.4 is 10.6 Å². The molecule has 1 saturated carbocycles. The molecule has 0 bridgehead atoms. The van der Waals surface area contributed by atoms with Crippen LogP contribution in [0.15, 0.2) is 29.4 Å². The van der Waals surface area contributed by atoms with Crippen LogP contribution in [-0.4, -0.2) is 43.9 Å². The molecule has 0 saturated heterocycles. The third-order valence-corrected chi connectivity index (χ3v) is 5.95. The van der Waals surface area contributed by atoms with Gasteiger partial charge in [-0.3, -0.25) is 10.1 Å². The van der Waals surface area contributed by atoms with Crippen molar-refractivity contribution in [3.63, 3.8) is 0 Å². The van der Waals surface area contributed by atoms with Crippen molar-refractivity contribution in [1.82, 2.24) is 30.8 Å². The first-order valence-corrected chi connectivity index (χ1v) is 10.4. The van der Waals surface area contributed by atoms with Crippen LogP contribution in [0.5, 0.6) is 0 Å². The summed E-state index contributed by atoms with van der Waals surface area (Å²) < 4.78 is 0. The maximum Gasteiger partial charge on any atom is 0.321 e. The Morgan fingerprint density at radius 2 is 2.04 bits per heavy atom. The van der Waals surface area contributed by atoms with E-state index in [9.17, 15) is 9.59 Å². The van der Waals surface area contributed by atoms with Gasteiger partial charge in [-0.15, -0.1) is 10.2 Å². The zero-order valence-electron chi connectivity index (χ0n) is 15.6. The van der Waals surface area contributed by atoms with Crippen molar-refractivity contribution in [2.75, 3.05) is 5.75 Å². The van der Waals surface area contributed by atoms with E-state index in [0.717, 1.165) is 41.9 Å². The number of carbonyl (C=O) groups is 2. The van der Waals surface area contributed by atoms with E-state index < -0.39 is 6.03 Å². The summed E-state index contributed by atoms with van der Waals surface area (Å²) in [5, 5.41) is 14.9. The van der Waals surface area contributed by atoms with Gasteiger partial charge in [0.1, 0.15) is 5.52 Å². The Kier molecular flexibility index (Phi) is 5.43. The zero-order chi connectivity index (χ0) is 19.5. The van der Waals surface area contributed by atoms with Gasteiger partial charge in [0.05, 0.1) is 5.75 Å². The molecule has 0 spiro atoms. The fraction of sp³-hybridized carbons (Fsp3) is 0.421. The van der Waals surface area contributed by atoms with E-state index in [2.05, 4.69) is 37.7 Å². The van der Waals surface area contributed by atoms with Gasteiger partial charge in [-0.1, -0.05) is 49.7 Å². The number of amides is 3. The number of fused-ring (bicyclic) bond motifs is 3. The van der Waals surface area contributed by atoms with Crippen molar-refractivity contribution in [2.24, 2.45) is 5.92 Å². The van der Waals surface area contributed by atoms with Gasteiger partial charge in [-0.05, 0) is 24.8 Å². The number of imide groups is 1. The molecule has 3 aromatic rings. The Morgan fingerprint density at radius 1 is 1.21 bits per heavy atom. The molecule has 1 fully saturated rings. The molecule has 2 atom stereocenters. The number of aromatic nitrogens is 4. The number of para-hydroxylation sites is 1. The average molecular weight is 398 g/mol. The van der Waals surface area contributed by atoms with E-state index in [1.807, 2.05) is 24.3 Å². The van der Waals surface area contributed by atoms with Gasteiger partial charge in [-0.25, -0.2) is 9.78 Å². The molecule has 0 aliphatic heterocycles. The minimum atomic E-state index is -0.436. The molecular weight excluding hydrogens is 376 g/mol. The van der Waals surface area contributed by atoms with E-state index >= 15 is 0 Å². The second kappa shape index (κ2) is 8.14. The first-order chi connectivity index (χ1) is 13.6. The maximum absolute atomic E-state index is 12.1. The number of hydrogen-bond acceptors (Lipinski definition) is 6. The Labute approximate surface area is 166 Å². The summed E-state index contributed by atoms with van der Waals surface area (Å²) in [6.45, 7) is 2.13. The summed E-state index contributed by atoms with van der Waals surface area (Å²) in [5.41, 5.74) is 2.27. The molecule has 1 aliphatic carbocycles. The van der Waals surface area contributed by atoms with Crippen LogP contribution in [-0.2, 0) is 4.79 Å². The lowest BCUT2D eigenvalue weighted by Crippen LogP contribution is -2.48. The number of nitrogens with one attached hydrogen (secondary N) is 3. The normalized spacial score (nSPS) is 19.6. The number of nitrogens with zero attached hydrogens (tertiary/aromatic N) is 3. The molecule has 28 heavy (non-hydrogen) atoms. The molecule has 3 amide bonds. The number of hydrogen-bond donors (Lipinski definition) is 3. The fourth-order valence-corrected chi connectivity index (χ4v) is 4.18. The summed E-state index contributed by atoms with van der Waals surface area (Å²) in [6.07, 6.45) is 4.38. The number of carbonyl (C=O) groups excluding carboxylic acids is 2. The molecule has 9 heteroatoms. The van der Waals surface area contributed by atoms with Crippen LogP contribution >= 0.6 is 11.8 Å². The van der Waals surface area contributed by atoms with Gasteiger partial charge in [0.2, 0.25) is 11.1 Å². The number of benzene rings is 1. The fourth-order valence-electron chi connectivity index (χ4n) is 3.59. The molecular formula is C19H22N6O2S. The van der Waals surface area contributed by atoms with E-state index in [-0.39, 0.29) is 17.7 Å². The highest BCUT2D eigenvalue weighted by Crippen LogP contribution is 2.24. The SMILES string of the molecule is C[C@H]1CCCC[C@@H]1NC(=O)NC(=O)CSc1nnc2c(n1)[nH]c1ccccc12. The van der Waals surface area contributed by atoms with Crippen molar-refractivity contribution in [3.8, 4) is 0 Å². The van der Waals surface area contributed by atoms with E-state index in [1.54, 1.807) is 0 Å². The Balaban J connectivity index is 1.32. The Hall–Kier alpha value is -2.68. The second-order valence-corrected chi connectivity index (χ2v) is 8.08. The smallest absolute Gasteiger partial charge is 0.321 e. The molecule has 1 aromatic carbocycles. The largest absolute Gasteiger partial charge is 0.338 e. The van der Waals surface area contributed by atoms with Gasteiger partial charge in [-0.2, -0.15) is 0 Å².